The summed E-state index contributed by atoms with van der Waals surface area (Å²) >= 11 is 0. The predicted molar refractivity (Wildman–Crippen MR) is 87.4 cm³/mol. The molecule has 2 aromatic rings. The number of rotatable bonds is 7. The van der Waals surface area contributed by atoms with Crippen LogP contribution in [0.4, 0.5) is 4.39 Å². The molecule has 3 nitrogen and oxygen atoms in total. The number of aryl methyl sites for hydroxylation is 1. The Morgan fingerprint density at radius 2 is 1.91 bits per heavy atom. The van der Waals surface area contributed by atoms with Gasteiger partial charge in [-0.15, -0.1) is 0 Å². The summed E-state index contributed by atoms with van der Waals surface area (Å²) in [5, 5.41) is 0. The maximum Gasteiger partial charge on any atom is 0.223 e. The van der Waals surface area contributed by atoms with E-state index in [2.05, 4.69) is 4.98 Å². The van der Waals surface area contributed by atoms with Crippen molar-refractivity contribution in [1.82, 2.24) is 9.88 Å². The molecule has 0 bridgehead atoms. The Labute approximate surface area is 136 Å². The minimum atomic E-state index is -0.218. The molecule has 1 fully saturated rings. The third-order valence-corrected chi connectivity index (χ3v) is 4.22. The zero-order chi connectivity index (χ0) is 16.1. The van der Waals surface area contributed by atoms with E-state index >= 15 is 0 Å². The van der Waals surface area contributed by atoms with Crippen molar-refractivity contribution >= 4 is 5.91 Å². The lowest BCUT2D eigenvalue weighted by Crippen LogP contribution is -2.35. The van der Waals surface area contributed by atoms with Crippen LogP contribution < -0.4 is 0 Å². The van der Waals surface area contributed by atoms with Gasteiger partial charge in [-0.2, -0.15) is 0 Å². The van der Waals surface area contributed by atoms with Crippen molar-refractivity contribution in [3.05, 3.63) is 65.7 Å². The van der Waals surface area contributed by atoms with Gasteiger partial charge in [0.1, 0.15) is 5.82 Å². The number of benzene rings is 1. The van der Waals surface area contributed by atoms with Gasteiger partial charge in [0.25, 0.3) is 0 Å². The standard InChI is InChI=1S/C19H21FN2O/c20-17-3-1-2-16(14-17)10-13-22(18-5-6-18)19(23)7-4-15-8-11-21-12-9-15/h1-3,8-9,11-12,14,18H,4-7,10,13H2. The van der Waals surface area contributed by atoms with E-state index in [1.807, 2.05) is 23.1 Å². The number of carbonyl (C=O) groups is 1. The molecule has 0 spiro atoms. The third kappa shape index (κ3) is 4.62. The number of pyridine rings is 1. The zero-order valence-electron chi connectivity index (χ0n) is 13.1. The average molecular weight is 312 g/mol. The van der Waals surface area contributed by atoms with Gasteiger partial charge in [-0.05, 0) is 61.1 Å². The highest BCUT2D eigenvalue weighted by atomic mass is 19.1. The van der Waals surface area contributed by atoms with Crippen molar-refractivity contribution in [1.29, 1.82) is 0 Å². The van der Waals surface area contributed by atoms with E-state index in [4.69, 9.17) is 0 Å². The molecule has 0 aliphatic heterocycles. The van der Waals surface area contributed by atoms with E-state index in [9.17, 15) is 9.18 Å². The number of carbonyl (C=O) groups excluding carboxylic acids is 1. The molecule has 0 radical (unpaired) electrons. The molecule has 4 heteroatoms. The second-order valence-corrected chi connectivity index (χ2v) is 6.05. The molecule has 1 amide bonds. The lowest BCUT2D eigenvalue weighted by atomic mass is 10.1. The summed E-state index contributed by atoms with van der Waals surface area (Å²) in [6, 6.07) is 10.9. The van der Waals surface area contributed by atoms with Gasteiger partial charge in [0.2, 0.25) is 5.91 Å². The van der Waals surface area contributed by atoms with Gasteiger partial charge in [-0.3, -0.25) is 9.78 Å². The highest BCUT2D eigenvalue weighted by Gasteiger charge is 2.31. The molecule has 0 unspecified atom stereocenters. The van der Waals surface area contributed by atoms with E-state index < -0.39 is 0 Å². The molecule has 0 atom stereocenters. The van der Waals surface area contributed by atoms with Gasteiger partial charge in [0.15, 0.2) is 0 Å². The first kappa shape index (κ1) is 15.7. The van der Waals surface area contributed by atoms with Crippen LogP contribution in [-0.4, -0.2) is 28.4 Å². The molecule has 1 saturated carbocycles. The van der Waals surface area contributed by atoms with E-state index in [0.29, 0.717) is 25.4 Å². The molecule has 120 valence electrons. The Morgan fingerprint density at radius 1 is 1.13 bits per heavy atom. The molecule has 1 heterocycles. The first-order valence-electron chi connectivity index (χ1n) is 8.15. The third-order valence-electron chi connectivity index (χ3n) is 4.22. The molecule has 1 aliphatic rings. The molecule has 1 aromatic carbocycles. The smallest absolute Gasteiger partial charge is 0.223 e. The van der Waals surface area contributed by atoms with Gasteiger partial charge in [-0.25, -0.2) is 4.39 Å². The van der Waals surface area contributed by atoms with Crippen molar-refractivity contribution in [2.75, 3.05) is 6.54 Å². The van der Waals surface area contributed by atoms with Crippen LogP contribution in [0.1, 0.15) is 30.4 Å². The van der Waals surface area contributed by atoms with Gasteiger partial charge < -0.3 is 4.90 Å². The minimum Gasteiger partial charge on any atom is -0.339 e. The maximum absolute atomic E-state index is 13.2. The fourth-order valence-electron chi connectivity index (χ4n) is 2.78. The highest BCUT2D eigenvalue weighted by molar-refractivity contribution is 5.77. The van der Waals surface area contributed by atoms with Gasteiger partial charge in [0.05, 0.1) is 0 Å². The van der Waals surface area contributed by atoms with Crippen molar-refractivity contribution in [3.8, 4) is 0 Å². The van der Waals surface area contributed by atoms with E-state index in [0.717, 1.165) is 30.4 Å². The Kier molecular flexibility index (Phi) is 5.01. The zero-order valence-corrected chi connectivity index (χ0v) is 13.1. The monoisotopic (exact) mass is 312 g/mol. The fraction of sp³-hybridized carbons (Fsp3) is 0.368. The van der Waals surface area contributed by atoms with Crippen molar-refractivity contribution in [3.63, 3.8) is 0 Å². The van der Waals surface area contributed by atoms with Crippen molar-refractivity contribution in [2.24, 2.45) is 0 Å². The first-order chi connectivity index (χ1) is 11.2. The average Bonchev–Trinajstić information content (AvgIpc) is 3.39. The van der Waals surface area contributed by atoms with Crippen molar-refractivity contribution in [2.45, 2.75) is 38.1 Å². The fourth-order valence-corrected chi connectivity index (χ4v) is 2.78. The molecule has 0 saturated heterocycles. The lowest BCUT2D eigenvalue weighted by Gasteiger charge is -2.22. The highest BCUT2D eigenvalue weighted by Crippen LogP contribution is 2.28. The minimum absolute atomic E-state index is 0.195. The predicted octanol–water partition coefficient (Wildman–Crippen LogP) is 3.39. The molecule has 1 aliphatic carbocycles. The Bertz CT molecular complexity index is 655. The van der Waals surface area contributed by atoms with Gasteiger partial charge >= 0.3 is 0 Å². The lowest BCUT2D eigenvalue weighted by molar-refractivity contribution is -0.131. The van der Waals surface area contributed by atoms with E-state index in [1.54, 1.807) is 24.5 Å². The van der Waals surface area contributed by atoms with Crippen LogP contribution in [-0.2, 0) is 17.6 Å². The Balaban J connectivity index is 1.54. The second-order valence-electron chi connectivity index (χ2n) is 6.05. The van der Waals surface area contributed by atoms with Crippen LogP contribution in [0.2, 0.25) is 0 Å². The molecular weight excluding hydrogens is 291 g/mol. The largest absolute Gasteiger partial charge is 0.339 e. The number of aromatic nitrogens is 1. The van der Waals surface area contributed by atoms with Crippen LogP contribution in [0, 0.1) is 5.82 Å². The summed E-state index contributed by atoms with van der Waals surface area (Å²) in [6.45, 7) is 0.670. The summed E-state index contributed by atoms with van der Waals surface area (Å²) in [7, 11) is 0. The number of hydrogen-bond donors (Lipinski definition) is 0. The number of halogens is 1. The van der Waals surface area contributed by atoms with Crippen LogP contribution in [0.15, 0.2) is 48.8 Å². The van der Waals surface area contributed by atoms with Crippen LogP contribution in [0.25, 0.3) is 0 Å². The summed E-state index contributed by atoms with van der Waals surface area (Å²) in [4.78, 5) is 18.5. The quantitative estimate of drug-likeness (QED) is 0.785. The molecule has 1 aromatic heterocycles. The summed E-state index contributed by atoms with van der Waals surface area (Å²) in [5.74, 6) is -0.0230. The normalized spacial score (nSPS) is 13.8. The van der Waals surface area contributed by atoms with Crippen LogP contribution in [0.3, 0.4) is 0 Å². The second kappa shape index (κ2) is 7.36. The summed E-state index contributed by atoms with van der Waals surface area (Å²) in [5.41, 5.74) is 2.08. The number of amides is 1. The van der Waals surface area contributed by atoms with E-state index in [1.165, 1.54) is 6.07 Å². The Hall–Kier alpha value is -2.23. The SMILES string of the molecule is O=C(CCc1ccncc1)N(CCc1cccc(F)c1)C1CC1. The Morgan fingerprint density at radius 3 is 2.61 bits per heavy atom. The van der Waals surface area contributed by atoms with Gasteiger partial charge in [-0.1, -0.05) is 12.1 Å². The summed E-state index contributed by atoms with van der Waals surface area (Å²) in [6.07, 6.45) is 7.64. The first-order valence-corrected chi connectivity index (χ1v) is 8.15. The molecule has 3 rings (SSSR count). The van der Waals surface area contributed by atoms with Crippen LogP contribution >= 0.6 is 0 Å². The van der Waals surface area contributed by atoms with Gasteiger partial charge in [0, 0.05) is 31.4 Å². The van der Waals surface area contributed by atoms with E-state index in [-0.39, 0.29) is 11.7 Å². The summed E-state index contributed by atoms with van der Waals surface area (Å²) < 4.78 is 13.2. The number of nitrogens with zero attached hydrogens (tertiary/aromatic N) is 2. The van der Waals surface area contributed by atoms with Crippen molar-refractivity contribution < 1.29 is 9.18 Å². The molecule has 23 heavy (non-hydrogen) atoms. The van der Waals surface area contributed by atoms with Crippen LogP contribution in [0.5, 0.6) is 0 Å². The number of hydrogen-bond acceptors (Lipinski definition) is 2. The maximum atomic E-state index is 13.2. The molecule has 0 N–H and O–H groups in total. The molecular formula is C19H21FN2O. The topological polar surface area (TPSA) is 33.2 Å².